The Bertz CT molecular complexity index is 555. The molecule has 0 aliphatic rings. The van der Waals surface area contributed by atoms with Gasteiger partial charge in [-0.3, -0.25) is 0 Å². The van der Waals surface area contributed by atoms with Crippen LogP contribution in [0.2, 0.25) is 0 Å². The monoisotopic (exact) mass is 252 g/mol. The molecule has 0 aliphatic heterocycles. The second kappa shape index (κ2) is 6.24. The Morgan fingerprint density at radius 2 is 1.79 bits per heavy atom. The normalized spacial score (nSPS) is 12.6. The molecule has 0 radical (unpaired) electrons. The second-order valence-corrected chi connectivity index (χ2v) is 4.80. The first kappa shape index (κ1) is 13.4. The third-order valence-corrected chi connectivity index (χ3v) is 3.25. The second-order valence-electron chi connectivity index (χ2n) is 4.80. The molecule has 2 rings (SSSR count). The van der Waals surface area contributed by atoms with Crippen molar-refractivity contribution >= 4 is 6.08 Å². The minimum Gasteiger partial charge on any atom is -0.496 e. The molecule has 0 fully saturated rings. The van der Waals surface area contributed by atoms with Crippen LogP contribution in [-0.2, 0) is 0 Å². The van der Waals surface area contributed by atoms with E-state index in [1.54, 1.807) is 7.11 Å². The molecule has 0 amide bonds. The molecule has 2 aromatic rings. The number of aryl methyl sites for hydroxylation is 1. The van der Waals surface area contributed by atoms with Crippen molar-refractivity contribution in [3.8, 4) is 5.75 Å². The topological polar surface area (TPSA) is 9.23 Å². The molecule has 0 spiro atoms. The van der Waals surface area contributed by atoms with E-state index >= 15 is 0 Å². The molecular formula is C18H20O. The van der Waals surface area contributed by atoms with Crippen LogP contribution in [0.4, 0.5) is 0 Å². The quantitative estimate of drug-likeness (QED) is 0.758. The standard InChI is InChI=1S/C18H20O/c1-14-9-12-18(19-3)17(13-14)15(2)10-11-16-7-5-4-6-8-16/h4-13,15H,1-3H3/b11-10+. The lowest BCUT2D eigenvalue weighted by Crippen LogP contribution is -1.95. The van der Waals surface area contributed by atoms with E-state index in [0.29, 0.717) is 5.92 Å². The van der Waals surface area contributed by atoms with Gasteiger partial charge in [0.25, 0.3) is 0 Å². The zero-order chi connectivity index (χ0) is 13.7. The van der Waals surface area contributed by atoms with Crippen LogP contribution >= 0.6 is 0 Å². The summed E-state index contributed by atoms with van der Waals surface area (Å²) in [5.41, 5.74) is 3.71. The molecule has 0 heterocycles. The number of hydrogen-bond acceptors (Lipinski definition) is 1. The maximum Gasteiger partial charge on any atom is 0.122 e. The van der Waals surface area contributed by atoms with Crippen molar-refractivity contribution in [3.63, 3.8) is 0 Å². The summed E-state index contributed by atoms with van der Waals surface area (Å²) < 4.78 is 5.44. The van der Waals surface area contributed by atoms with Crippen LogP contribution in [0.25, 0.3) is 6.08 Å². The first-order chi connectivity index (χ1) is 9.20. The fourth-order valence-corrected chi connectivity index (χ4v) is 2.13. The number of rotatable bonds is 4. The largest absolute Gasteiger partial charge is 0.496 e. The third-order valence-electron chi connectivity index (χ3n) is 3.25. The highest BCUT2D eigenvalue weighted by molar-refractivity contribution is 5.52. The fraction of sp³-hybridized carbons (Fsp3) is 0.222. The summed E-state index contributed by atoms with van der Waals surface area (Å²) in [6.07, 6.45) is 4.37. The molecular weight excluding hydrogens is 232 g/mol. The molecule has 0 aromatic heterocycles. The number of benzene rings is 2. The average Bonchev–Trinajstić information content (AvgIpc) is 2.46. The Morgan fingerprint density at radius 1 is 1.05 bits per heavy atom. The van der Waals surface area contributed by atoms with Crippen molar-refractivity contribution < 1.29 is 4.74 Å². The summed E-state index contributed by atoms with van der Waals surface area (Å²) >= 11 is 0. The van der Waals surface area contributed by atoms with Crippen molar-refractivity contribution in [1.82, 2.24) is 0 Å². The Balaban J connectivity index is 2.22. The summed E-state index contributed by atoms with van der Waals surface area (Å²) in [4.78, 5) is 0. The van der Waals surface area contributed by atoms with Crippen LogP contribution in [0.3, 0.4) is 0 Å². The summed E-state index contributed by atoms with van der Waals surface area (Å²) in [6, 6.07) is 16.7. The van der Waals surface area contributed by atoms with Crippen molar-refractivity contribution in [2.24, 2.45) is 0 Å². The average molecular weight is 252 g/mol. The summed E-state index contributed by atoms with van der Waals surface area (Å²) in [5, 5.41) is 0. The maximum absolute atomic E-state index is 5.44. The number of allylic oxidation sites excluding steroid dienone is 1. The molecule has 0 N–H and O–H groups in total. The first-order valence-electron chi connectivity index (χ1n) is 6.58. The molecule has 98 valence electrons. The van der Waals surface area contributed by atoms with E-state index in [1.807, 2.05) is 12.1 Å². The molecule has 19 heavy (non-hydrogen) atoms. The zero-order valence-corrected chi connectivity index (χ0v) is 11.8. The van der Waals surface area contributed by atoms with Crippen molar-refractivity contribution in [2.75, 3.05) is 7.11 Å². The highest BCUT2D eigenvalue weighted by Gasteiger charge is 2.08. The maximum atomic E-state index is 5.44. The van der Waals surface area contributed by atoms with Gasteiger partial charge in [0.15, 0.2) is 0 Å². The Kier molecular flexibility index (Phi) is 4.40. The van der Waals surface area contributed by atoms with Crippen LogP contribution < -0.4 is 4.74 Å². The van der Waals surface area contributed by atoms with Crippen LogP contribution in [0.15, 0.2) is 54.6 Å². The van der Waals surface area contributed by atoms with Gasteiger partial charge in [0.05, 0.1) is 7.11 Å². The van der Waals surface area contributed by atoms with E-state index in [2.05, 4.69) is 62.4 Å². The van der Waals surface area contributed by atoms with Gasteiger partial charge >= 0.3 is 0 Å². The van der Waals surface area contributed by atoms with Crippen molar-refractivity contribution in [3.05, 3.63) is 71.3 Å². The summed E-state index contributed by atoms with van der Waals surface area (Å²) in [6.45, 7) is 4.30. The van der Waals surface area contributed by atoms with E-state index < -0.39 is 0 Å². The fourth-order valence-electron chi connectivity index (χ4n) is 2.13. The number of hydrogen-bond donors (Lipinski definition) is 0. The molecule has 0 saturated heterocycles. The SMILES string of the molecule is COc1ccc(C)cc1C(C)/C=C/c1ccccc1. The molecule has 1 unspecified atom stereocenters. The molecule has 0 saturated carbocycles. The van der Waals surface area contributed by atoms with Crippen LogP contribution in [0.5, 0.6) is 5.75 Å². The zero-order valence-electron chi connectivity index (χ0n) is 11.8. The van der Waals surface area contributed by atoms with Gasteiger partial charge in [-0.25, -0.2) is 0 Å². The number of ether oxygens (including phenoxy) is 1. The predicted octanol–water partition coefficient (Wildman–Crippen LogP) is 4.82. The van der Waals surface area contributed by atoms with Gasteiger partial charge in [0, 0.05) is 11.5 Å². The lowest BCUT2D eigenvalue weighted by Gasteiger charge is -2.13. The lowest BCUT2D eigenvalue weighted by atomic mass is 9.97. The van der Waals surface area contributed by atoms with E-state index in [9.17, 15) is 0 Å². The van der Waals surface area contributed by atoms with Gasteiger partial charge in [0.1, 0.15) is 5.75 Å². The third kappa shape index (κ3) is 3.47. The first-order valence-corrected chi connectivity index (χ1v) is 6.58. The summed E-state index contributed by atoms with van der Waals surface area (Å²) in [7, 11) is 1.72. The van der Waals surface area contributed by atoms with Crippen molar-refractivity contribution in [2.45, 2.75) is 19.8 Å². The van der Waals surface area contributed by atoms with Gasteiger partial charge in [-0.1, -0.05) is 67.1 Å². The van der Waals surface area contributed by atoms with Crippen molar-refractivity contribution in [1.29, 1.82) is 0 Å². The van der Waals surface area contributed by atoms with Gasteiger partial charge < -0.3 is 4.74 Å². The van der Waals surface area contributed by atoms with Gasteiger partial charge in [-0.05, 0) is 18.6 Å². The van der Waals surface area contributed by atoms with Crippen LogP contribution in [-0.4, -0.2) is 7.11 Å². The lowest BCUT2D eigenvalue weighted by molar-refractivity contribution is 0.408. The highest BCUT2D eigenvalue weighted by atomic mass is 16.5. The molecule has 0 aliphatic carbocycles. The molecule has 0 bridgehead atoms. The Labute approximate surface area is 115 Å². The predicted molar refractivity (Wildman–Crippen MR) is 81.6 cm³/mol. The molecule has 1 heteroatoms. The van der Waals surface area contributed by atoms with E-state index in [4.69, 9.17) is 4.74 Å². The molecule has 2 aromatic carbocycles. The summed E-state index contributed by atoms with van der Waals surface area (Å²) in [5.74, 6) is 1.28. The van der Waals surface area contributed by atoms with E-state index in [-0.39, 0.29) is 0 Å². The molecule has 1 nitrogen and oxygen atoms in total. The number of methoxy groups -OCH3 is 1. The highest BCUT2D eigenvalue weighted by Crippen LogP contribution is 2.28. The smallest absolute Gasteiger partial charge is 0.122 e. The van der Waals surface area contributed by atoms with Crippen LogP contribution in [0.1, 0.15) is 29.5 Å². The minimum atomic E-state index is 0.329. The van der Waals surface area contributed by atoms with Gasteiger partial charge in [-0.2, -0.15) is 0 Å². The Hall–Kier alpha value is -2.02. The minimum absolute atomic E-state index is 0.329. The van der Waals surface area contributed by atoms with Gasteiger partial charge in [-0.15, -0.1) is 0 Å². The van der Waals surface area contributed by atoms with E-state index in [0.717, 1.165) is 5.75 Å². The van der Waals surface area contributed by atoms with E-state index in [1.165, 1.54) is 16.7 Å². The van der Waals surface area contributed by atoms with Crippen LogP contribution in [0, 0.1) is 6.92 Å². The van der Waals surface area contributed by atoms with Gasteiger partial charge in [0.2, 0.25) is 0 Å². The Morgan fingerprint density at radius 3 is 2.47 bits per heavy atom. The molecule has 1 atom stereocenters.